The van der Waals surface area contributed by atoms with E-state index < -0.39 is 0 Å². The van der Waals surface area contributed by atoms with Gasteiger partial charge in [-0.05, 0) is 31.5 Å². The monoisotopic (exact) mass is 303 g/mol. The van der Waals surface area contributed by atoms with Crippen LogP contribution in [-0.4, -0.2) is 27.1 Å². The van der Waals surface area contributed by atoms with Crippen LogP contribution in [0.2, 0.25) is 0 Å². The van der Waals surface area contributed by atoms with Crippen LogP contribution in [0.4, 0.5) is 5.69 Å². The number of carbonyl (C=O) groups excluding carboxylic acids is 1. The van der Waals surface area contributed by atoms with Crippen LogP contribution >= 0.6 is 0 Å². The Labute approximate surface area is 128 Å². The van der Waals surface area contributed by atoms with Gasteiger partial charge in [0.05, 0.1) is 0 Å². The van der Waals surface area contributed by atoms with Gasteiger partial charge in [-0.25, -0.2) is 9.89 Å². The van der Waals surface area contributed by atoms with Gasteiger partial charge in [0.2, 0.25) is 5.91 Å². The molecule has 1 heterocycles. The third-order valence-corrected chi connectivity index (χ3v) is 3.04. The van der Waals surface area contributed by atoms with Crippen LogP contribution in [0.15, 0.2) is 29.1 Å². The van der Waals surface area contributed by atoms with Crippen LogP contribution in [0.1, 0.15) is 31.7 Å². The lowest BCUT2D eigenvalue weighted by Gasteiger charge is -2.10. The van der Waals surface area contributed by atoms with E-state index >= 15 is 0 Å². The molecule has 0 saturated carbocycles. The molecule has 0 radical (unpaired) electrons. The number of aryl methyl sites for hydroxylation is 1. The maximum atomic E-state index is 11.8. The van der Waals surface area contributed by atoms with E-state index in [9.17, 15) is 9.59 Å². The van der Waals surface area contributed by atoms with Crippen LogP contribution < -0.4 is 16.3 Å². The molecule has 2 aromatic rings. The minimum Gasteiger partial charge on any atom is -0.383 e. The van der Waals surface area contributed by atoms with Gasteiger partial charge in [-0.3, -0.25) is 9.78 Å². The van der Waals surface area contributed by atoms with E-state index in [4.69, 9.17) is 0 Å². The fourth-order valence-electron chi connectivity index (χ4n) is 2.00. The summed E-state index contributed by atoms with van der Waals surface area (Å²) in [6.07, 6.45) is 0.690. The molecule has 22 heavy (non-hydrogen) atoms. The molecule has 118 valence electrons. The van der Waals surface area contributed by atoms with Crippen molar-refractivity contribution in [2.45, 2.75) is 39.3 Å². The zero-order valence-corrected chi connectivity index (χ0v) is 12.8. The molecule has 0 aliphatic rings. The molecule has 7 nitrogen and oxygen atoms in total. The highest BCUT2D eigenvalue weighted by Crippen LogP contribution is 2.10. The zero-order chi connectivity index (χ0) is 15.9. The van der Waals surface area contributed by atoms with Crippen molar-refractivity contribution < 1.29 is 4.79 Å². The zero-order valence-electron chi connectivity index (χ0n) is 12.8. The molecule has 0 bridgehead atoms. The molecular formula is C15H21N5O2. The van der Waals surface area contributed by atoms with Crippen LogP contribution in [0.5, 0.6) is 0 Å². The predicted octanol–water partition coefficient (Wildman–Crippen LogP) is 1.17. The van der Waals surface area contributed by atoms with Gasteiger partial charge in [0.1, 0.15) is 5.82 Å². The average molecular weight is 303 g/mol. The molecule has 0 unspecified atom stereocenters. The second-order valence-corrected chi connectivity index (χ2v) is 5.40. The van der Waals surface area contributed by atoms with E-state index in [0.29, 0.717) is 24.8 Å². The van der Waals surface area contributed by atoms with Crippen LogP contribution in [0, 0.1) is 0 Å². The second kappa shape index (κ2) is 7.44. The van der Waals surface area contributed by atoms with E-state index in [-0.39, 0.29) is 18.0 Å². The van der Waals surface area contributed by atoms with Gasteiger partial charge in [-0.2, -0.15) is 5.10 Å². The molecule has 0 atom stereocenters. The third-order valence-electron chi connectivity index (χ3n) is 3.04. The molecule has 0 fully saturated rings. The molecule has 1 aromatic carbocycles. The quantitative estimate of drug-likeness (QED) is 0.616. The van der Waals surface area contributed by atoms with Crippen molar-refractivity contribution in [3.8, 4) is 0 Å². The molecule has 0 saturated heterocycles. The number of hydrogen-bond acceptors (Lipinski definition) is 4. The Bertz CT molecular complexity index is 657. The topological polar surface area (TPSA) is 103 Å². The summed E-state index contributed by atoms with van der Waals surface area (Å²) in [6.45, 7) is 4.65. The lowest BCUT2D eigenvalue weighted by molar-refractivity contribution is -0.121. The summed E-state index contributed by atoms with van der Waals surface area (Å²) >= 11 is 0. The van der Waals surface area contributed by atoms with Gasteiger partial charge in [0, 0.05) is 31.1 Å². The summed E-state index contributed by atoms with van der Waals surface area (Å²) in [7, 11) is 0. The highest BCUT2D eigenvalue weighted by atomic mass is 16.2. The molecule has 0 aliphatic heterocycles. The maximum absolute atomic E-state index is 11.8. The van der Waals surface area contributed by atoms with E-state index in [1.807, 2.05) is 24.3 Å². The lowest BCUT2D eigenvalue weighted by Crippen LogP contribution is -2.23. The number of amides is 1. The van der Waals surface area contributed by atoms with Crippen molar-refractivity contribution in [1.29, 1.82) is 0 Å². The van der Waals surface area contributed by atoms with E-state index in [2.05, 4.69) is 39.7 Å². The molecule has 4 N–H and O–H groups in total. The Hall–Kier alpha value is -2.57. The number of nitrogens with zero attached hydrogens (tertiary/aromatic N) is 1. The number of nitrogens with one attached hydrogen (secondary N) is 4. The summed E-state index contributed by atoms with van der Waals surface area (Å²) in [5, 5.41) is 12.2. The molecule has 0 spiro atoms. The molecule has 0 aliphatic carbocycles. The number of H-pyrrole nitrogens is 2. The first kappa shape index (κ1) is 15.8. The molecule has 2 rings (SSSR count). The number of aromatic amines is 2. The molecule has 1 amide bonds. The Morgan fingerprint density at radius 3 is 2.59 bits per heavy atom. The standard InChI is InChI=1S/C15H21N5O2/c1-10(2)17-12-5-3-11(4-6-12)9-16-14(21)8-7-13-18-15(22)20-19-13/h3-6,10,17H,7-9H2,1-2H3,(H,16,21)(H2,18,19,20,22). The Kier molecular flexibility index (Phi) is 5.35. The van der Waals surface area contributed by atoms with Gasteiger partial charge in [0.25, 0.3) is 0 Å². The van der Waals surface area contributed by atoms with Gasteiger partial charge >= 0.3 is 5.69 Å². The van der Waals surface area contributed by atoms with Gasteiger partial charge in [0.15, 0.2) is 0 Å². The fraction of sp³-hybridized carbons (Fsp3) is 0.400. The first-order valence-electron chi connectivity index (χ1n) is 7.28. The van der Waals surface area contributed by atoms with Crippen molar-refractivity contribution in [3.05, 3.63) is 46.1 Å². The highest BCUT2D eigenvalue weighted by molar-refractivity contribution is 5.76. The summed E-state index contributed by atoms with van der Waals surface area (Å²) in [5.41, 5.74) is 1.74. The maximum Gasteiger partial charge on any atom is 0.340 e. The Morgan fingerprint density at radius 1 is 1.27 bits per heavy atom. The largest absolute Gasteiger partial charge is 0.383 e. The lowest BCUT2D eigenvalue weighted by atomic mass is 10.2. The number of hydrogen-bond donors (Lipinski definition) is 4. The Balaban J connectivity index is 1.74. The number of aromatic nitrogens is 3. The Morgan fingerprint density at radius 2 is 2.00 bits per heavy atom. The summed E-state index contributed by atoms with van der Waals surface area (Å²) in [6, 6.07) is 8.34. The fourth-order valence-corrected chi connectivity index (χ4v) is 2.00. The highest BCUT2D eigenvalue weighted by Gasteiger charge is 2.05. The number of anilines is 1. The van der Waals surface area contributed by atoms with Crippen molar-refractivity contribution in [3.63, 3.8) is 0 Å². The summed E-state index contributed by atoms with van der Waals surface area (Å²) in [4.78, 5) is 25.1. The third kappa shape index (κ3) is 5.08. The summed E-state index contributed by atoms with van der Waals surface area (Å²) in [5.74, 6) is 0.414. The van der Waals surface area contributed by atoms with Gasteiger partial charge in [-0.15, -0.1) is 0 Å². The summed E-state index contributed by atoms with van der Waals surface area (Å²) < 4.78 is 0. The smallest absolute Gasteiger partial charge is 0.340 e. The van der Waals surface area contributed by atoms with Crippen molar-refractivity contribution in [1.82, 2.24) is 20.5 Å². The number of carbonyl (C=O) groups is 1. The normalized spacial score (nSPS) is 10.7. The average Bonchev–Trinajstić information content (AvgIpc) is 2.89. The van der Waals surface area contributed by atoms with Crippen molar-refractivity contribution in [2.24, 2.45) is 0 Å². The van der Waals surface area contributed by atoms with Crippen LogP contribution in [-0.2, 0) is 17.8 Å². The first-order valence-corrected chi connectivity index (χ1v) is 7.28. The minimum absolute atomic E-state index is 0.0757. The van der Waals surface area contributed by atoms with Crippen molar-refractivity contribution in [2.75, 3.05) is 5.32 Å². The van der Waals surface area contributed by atoms with Crippen molar-refractivity contribution >= 4 is 11.6 Å². The second-order valence-electron chi connectivity index (χ2n) is 5.40. The minimum atomic E-state index is -0.356. The molecular weight excluding hydrogens is 282 g/mol. The molecule has 7 heteroatoms. The van der Waals surface area contributed by atoms with Crippen LogP contribution in [0.3, 0.4) is 0 Å². The van der Waals surface area contributed by atoms with E-state index in [1.165, 1.54) is 0 Å². The number of benzene rings is 1. The number of rotatable bonds is 7. The molecule has 1 aromatic heterocycles. The van der Waals surface area contributed by atoms with E-state index in [0.717, 1.165) is 11.3 Å². The van der Waals surface area contributed by atoms with Crippen LogP contribution in [0.25, 0.3) is 0 Å². The predicted molar refractivity (Wildman–Crippen MR) is 84.6 cm³/mol. The van der Waals surface area contributed by atoms with Gasteiger partial charge < -0.3 is 10.6 Å². The SMILES string of the molecule is CC(C)Nc1ccc(CNC(=O)CCc2n[nH]c(=O)[nH]2)cc1. The first-order chi connectivity index (χ1) is 10.5. The van der Waals surface area contributed by atoms with E-state index in [1.54, 1.807) is 0 Å². The van der Waals surface area contributed by atoms with Gasteiger partial charge in [-0.1, -0.05) is 12.1 Å².